The maximum atomic E-state index is 13.8. The van der Waals surface area contributed by atoms with Gasteiger partial charge in [-0.3, -0.25) is 24.3 Å². The summed E-state index contributed by atoms with van der Waals surface area (Å²) < 4.78 is 5.66. The predicted octanol–water partition coefficient (Wildman–Crippen LogP) is 2.95. The van der Waals surface area contributed by atoms with E-state index in [1.807, 2.05) is 37.3 Å². The molecule has 3 amide bonds. The van der Waals surface area contributed by atoms with E-state index < -0.39 is 5.41 Å². The average Bonchev–Trinajstić information content (AvgIpc) is 3.16. The summed E-state index contributed by atoms with van der Waals surface area (Å²) in [6.07, 6.45) is 5.56. The Morgan fingerprint density at radius 1 is 1.17 bits per heavy atom. The minimum Gasteiger partial charge on any atom is -0.492 e. The zero-order valence-corrected chi connectivity index (χ0v) is 20.8. The van der Waals surface area contributed by atoms with Gasteiger partial charge < -0.3 is 14.7 Å². The molecule has 4 rings (SSSR count). The summed E-state index contributed by atoms with van der Waals surface area (Å²) in [7, 11) is 0. The van der Waals surface area contributed by atoms with Crippen LogP contribution < -0.4 is 4.74 Å². The Labute approximate surface area is 212 Å². The molecule has 2 atom stereocenters. The average molecular weight is 494 g/mol. The molecule has 0 bridgehead atoms. The summed E-state index contributed by atoms with van der Waals surface area (Å²) >= 11 is 0. The van der Waals surface area contributed by atoms with Crippen molar-refractivity contribution in [3.63, 3.8) is 0 Å². The second-order valence-electron chi connectivity index (χ2n) is 9.74. The molecule has 1 N–H and O–H groups in total. The first kappa shape index (κ1) is 25.8. The molecule has 36 heavy (non-hydrogen) atoms. The lowest BCUT2D eigenvalue weighted by atomic mass is 9.75. The van der Waals surface area contributed by atoms with Crippen LogP contribution in [0.1, 0.15) is 51.0 Å². The van der Waals surface area contributed by atoms with E-state index in [1.165, 1.54) is 4.90 Å². The highest BCUT2D eigenvalue weighted by atomic mass is 16.5. The molecule has 192 valence electrons. The number of amides is 3. The van der Waals surface area contributed by atoms with Crippen LogP contribution in [0.4, 0.5) is 0 Å². The standard InChI is InChI=1S/C28H35N3O5/c1-2-24(32)21-11-15-30(16-12-21)25(33)18-28(22-8-4-3-5-9-22)19-26(34)31(27(28)35)14-7-17-36-23-10-6-13-29-20-23/h3-6,8-10,13,20-21,24,32H,2,7,11-12,14-19H2,1H3. The van der Waals surface area contributed by atoms with Crippen molar-refractivity contribution in [2.24, 2.45) is 5.92 Å². The number of aromatic nitrogens is 1. The largest absolute Gasteiger partial charge is 0.492 e. The van der Waals surface area contributed by atoms with Gasteiger partial charge in [-0.25, -0.2) is 0 Å². The van der Waals surface area contributed by atoms with Crippen LogP contribution in [0, 0.1) is 5.92 Å². The van der Waals surface area contributed by atoms with Gasteiger partial charge in [0.2, 0.25) is 17.7 Å². The zero-order valence-electron chi connectivity index (χ0n) is 20.8. The maximum absolute atomic E-state index is 13.8. The Morgan fingerprint density at radius 3 is 2.58 bits per heavy atom. The van der Waals surface area contributed by atoms with Gasteiger partial charge in [-0.1, -0.05) is 37.3 Å². The Morgan fingerprint density at radius 2 is 1.92 bits per heavy atom. The number of hydrogen-bond donors (Lipinski definition) is 1. The Kier molecular flexibility index (Phi) is 8.36. The molecule has 1 aromatic carbocycles. The molecule has 3 heterocycles. The van der Waals surface area contributed by atoms with Gasteiger partial charge in [0.05, 0.1) is 24.3 Å². The van der Waals surface area contributed by atoms with Crippen LogP contribution in [0.25, 0.3) is 0 Å². The minimum absolute atomic E-state index is 0.0178. The van der Waals surface area contributed by atoms with E-state index in [-0.39, 0.29) is 49.1 Å². The van der Waals surface area contributed by atoms with Gasteiger partial charge in [-0.2, -0.15) is 0 Å². The van der Waals surface area contributed by atoms with Crippen molar-refractivity contribution < 1.29 is 24.2 Å². The molecule has 2 fully saturated rings. The van der Waals surface area contributed by atoms with Gasteiger partial charge in [-0.05, 0) is 49.3 Å². The molecule has 2 aliphatic rings. The summed E-state index contributed by atoms with van der Waals surface area (Å²) in [5, 5.41) is 10.2. The van der Waals surface area contributed by atoms with Crippen molar-refractivity contribution >= 4 is 17.7 Å². The van der Waals surface area contributed by atoms with Crippen LogP contribution in [0.15, 0.2) is 54.9 Å². The molecule has 8 heteroatoms. The van der Waals surface area contributed by atoms with Gasteiger partial charge in [0.1, 0.15) is 5.75 Å². The molecule has 0 spiro atoms. The van der Waals surface area contributed by atoms with Gasteiger partial charge in [-0.15, -0.1) is 0 Å². The molecule has 0 aliphatic carbocycles. The Hall–Kier alpha value is -3.26. The molecule has 1 aromatic heterocycles. The first-order valence-electron chi connectivity index (χ1n) is 12.8. The number of carbonyl (C=O) groups is 3. The van der Waals surface area contributed by atoms with Crippen molar-refractivity contribution in [3.05, 3.63) is 60.4 Å². The summed E-state index contributed by atoms with van der Waals surface area (Å²) in [5.41, 5.74) is -0.499. The SMILES string of the molecule is CCC(O)C1CCN(C(=O)CC2(c3ccccc3)CC(=O)N(CCCOc3cccnc3)C2=O)CC1. The summed E-state index contributed by atoms with van der Waals surface area (Å²) in [5.74, 6) is 0.135. The highest BCUT2D eigenvalue weighted by Gasteiger charge is 2.54. The smallest absolute Gasteiger partial charge is 0.240 e. The first-order valence-corrected chi connectivity index (χ1v) is 12.8. The van der Waals surface area contributed by atoms with Crippen LogP contribution in [0.2, 0.25) is 0 Å². The number of pyridine rings is 1. The second kappa shape index (κ2) is 11.6. The minimum atomic E-state index is -1.20. The van der Waals surface area contributed by atoms with Crippen molar-refractivity contribution in [1.82, 2.24) is 14.8 Å². The fraction of sp³-hybridized carbons (Fsp3) is 0.500. The molecular weight excluding hydrogens is 458 g/mol. The number of imide groups is 1. The van der Waals surface area contributed by atoms with E-state index in [0.29, 0.717) is 43.9 Å². The van der Waals surface area contributed by atoms with E-state index in [2.05, 4.69) is 4.98 Å². The van der Waals surface area contributed by atoms with Gasteiger partial charge in [0.15, 0.2) is 0 Å². The second-order valence-corrected chi connectivity index (χ2v) is 9.74. The number of benzene rings is 1. The van der Waals surface area contributed by atoms with Crippen LogP contribution in [0.3, 0.4) is 0 Å². The molecule has 2 unspecified atom stereocenters. The summed E-state index contributed by atoms with van der Waals surface area (Å²) in [6, 6.07) is 12.8. The molecule has 0 radical (unpaired) electrons. The molecule has 2 aliphatic heterocycles. The van der Waals surface area contributed by atoms with Gasteiger partial charge >= 0.3 is 0 Å². The number of aliphatic hydroxyl groups is 1. The highest BCUT2D eigenvalue weighted by molar-refractivity contribution is 6.10. The lowest BCUT2D eigenvalue weighted by molar-refractivity contribution is -0.143. The molecule has 8 nitrogen and oxygen atoms in total. The monoisotopic (exact) mass is 493 g/mol. The zero-order chi connectivity index (χ0) is 25.5. The molecular formula is C28H35N3O5. The number of rotatable bonds is 10. The van der Waals surface area contributed by atoms with Gasteiger partial charge in [0, 0.05) is 38.7 Å². The predicted molar refractivity (Wildman–Crippen MR) is 134 cm³/mol. The quantitative estimate of drug-likeness (QED) is 0.404. The highest BCUT2D eigenvalue weighted by Crippen LogP contribution is 2.40. The van der Waals surface area contributed by atoms with E-state index in [0.717, 1.165) is 12.8 Å². The van der Waals surface area contributed by atoms with Crippen LogP contribution >= 0.6 is 0 Å². The fourth-order valence-corrected chi connectivity index (χ4v) is 5.33. The van der Waals surface area contributed by atoms with Crippen molar-refractivity contribution in [2.45, 2.75) is 57.0 Å². The topological polar surface area (TPSA) is 100 Å². The summed E-state index contributed by atoms with van der Waals surface area (Å²) in [6.45, 7) is 3.66. The van der Waals surface area contributed by atoms with E-state index >= 15 is 0 Å². The molecule has 2 aromatic rings. The normalized spacial score (nSPS) is 21.6. The summed E-state index contributed by atoms with van der Waals surface area (Å²) in [4.78, 5) is 47.3. The third kappa shape index (κ3) is 5.59. The number of piperidine rings is 1. The Bertz CT molecular complexity index is 1040. The third-order valence-corrected chi connectivity index (χ3v) is 7.47. The lowest BCUT2D eigenvalue weighted by Crippen LogP contribution is -2.46. The van der Waals surface area contributed by atoms with E-state index in [4.69, 9.17) is 4.74 Å². The first-order chi connectivity index (χ1) is 17.4. The molecule has 2 saturated heterocycles. The number of ether oxygens (including phenoxy) is 1. The number of likely N-dealkylation sites (tertiary alicyclic amines) is 2. The maximum Gasteiger partial charge on any atom is 0.240 e. The van der Waals surface area contributed by atoms with Crippen LogP contribution in [0.5, 0.6) is 5.75 Å². The van der Waals surface area contributed by atoms with E-state index in [9.17, 15) is 19.5 Å². The lowest BCUT2D eigenvalue weighted by Gasteiger charge is -2.36. The van der Waals surface area contributed by atoms with Crippen molar-refractivity contribution in [1.29, 1.82) is 0 Å². The van der Waals surface area contributed by atoms with Crippen molar-refractivity contribution in [3.8, 4) is 5.75 Å². The molecule has 0 saturated carbocycles. The van der Waals surface area contributed by atoms with Crippen LogP contribution in [-0.4, -0.2) is 70.0 Å². The Balaban J connectivity index is 1.44. The number of hydrogen-bond acceptors (Lipinski definition) is 6. The van der Waals surface area contributed by atoms with Gasteiger partial charge in [0.25, 0.3) is 0 Å². The number of aliphatic hydroxyl groups excluding tert-OH is 1. The number of nitrogens with zero attached hydrogens (tertiary/aromatic N) is 3. The van der Waals surface area contributed by atoms with Crippen molar-refractivity contribution in [2.75, 3.05) is 26.2 Å². The van der Waals surface area contributed by atoms with Crippen LogP contribution in [-0.2, 0) is 19.8 Å². The number of carbonyl (C=O) groups excluding carboxylic acids is 3. The third-order valence-electron chi connectivity index (χ3n) is 7.47. The fourth-order valence-electron chi connectivity index (χ4n) is 5.33. The van der Waals surface area contributed by atoms with E-state index in [1.54, 1.807) is 29.4 Å².